The largest absolute Gasteiger partial charge is 0.378 e. The van der Waals surface area contributed by atoms with Gasteiger partial charge >= 0.3 is 0 Å². The van der Waals surface area contributed by atoms with Crippen molar-refractivity contribution in [3.63, 3.8) is 0 Å². The van der Waals surface area contributed by atoms with Gasteiger partial charge in [-0.2, -0.15) is 11.8 Å². The minimum atomic E-state index is 0.356. The highest BCUT2D eigenvalue weighted by molar-refractivity contribution is 7.99. The first kappa shape index (κ1) is 14.7. The normalized spacial score (nSPS) is 40.5. The van der Waals surface area contributed by atoms with Crippen LogP contribution >= 0.6 is 11.8 Å². The molecule has 3 heteroatoms. The standard InChI is InChI=1S/C15H29NOS/c1-4-15(3)13(10-14(15)17-5-2)16-11-12-8-6-7-9-18-12/h12-14,16H,4-11H2,1-3H3. The minimum Gasteiger partial charge on any atom is -0.378 e. The molecular weight excluding hydrogens is 242 g/mol. The molecule has 0 aromatic rings. The molecule has 1 saturated heterocycles. The van der Waals surface area contributed by atoms with Crippen LogP contribution in [0.25, 0.3) is 0 Å². The van der Waals surface area contributed by atoms with E-state index in [0.717, 1.165) is 11.9 Å². The van der Waals surface area contributed by atoms with Gasteiger partial charge in [-0.15, -0.1) is 0 Å². The van der Waals surface area contributed by atoms with Gasteiger partial charge in [-0.25, -0.2) is 0 Å². The van der Waals surface area contributed by atoms with Crippen LogP contribution in [0, 0.1) is 5.41 Å². The Morgan fingerprint density at radius 3 is 2.78 bits per heavy atom. The van der Waals surface area contributed by atoms with Crippen molar-refractivity contribution in [2.24, 2.45) is 5.41 Å². The van der Waals surface area contributed by atoms with Gasteiger partial charge in [0, 0.05) is 29.9 Å². The van der Waals surface area contributed by atoms with E-state index in [0.29, 0.717) is 17.6 Å². The van der Waals surface area contributed by atoms with Gasteiger partial charge in [0.1, 0.15) is 0 Å². The van der Waals surface area contributed by atoms with Gasteiger partial charge in [0.25, 0.3) is 0 Å². The zero-order valence-corrected chi connectivity index (χ0v) is 13.0. The lowest BCUT2D eigenvalue weighted by Crippen LogP contribution is -2.62. The molecular formula is C15H29NOS. The quantitative estimate of drug-likeness (QED) is 0.799. The SMILES string of the molecule is CCOC1CC(NCC2CCCCS2)C1(C)CC. The molecule has 1 saturated carbocycles. The molecule has 4 atom stereocenters. The lowest BCUT2D eigenvalue weighted by molar-refractivity contribution is -0.125. The molecule has 2 aliphatic rings. The van der Waals surface area contributed by atoms with Crippen molar-refractivity contribution in [2.45, 2.75) is 70.3 Å². The van der Waals surface area contributed by atoms with Crippen LogP contribution in [0.2, 0.25) is 0 Å². The predicted octanol–water partition coefficient (Wildman–Crippen LogP) is 3.46. The monoisotopic (exact) mass is 271 g/mol. The first-order valence-corrected chi connectivity index (χ1v) is 8.72. The van der Waals surface area contributed by atoms with Crippen molar-refractivity contribution >= 4 is 11.8 Å². The highest BCUT2D eigenvalue weighted by atomic mass is 32.2. The lowest BCUT2D eigenvalue weighted by Gasteiger charge is -2.54. The molecule has 1 heterocycles. The number of nitrogens with one attached hydrogen (secondary N) is 1. The van der Waals surface area contributed by atoms with E-state index in [4.69, 9.17) is 4.74 Å². The fraction of sp³-hybridized carbons (Fsp3) is 1.00. The third kappa shape index (κ3) is 3.05. The summed E-state index contributed by atoms with van der Waals surface area (Å²) in [4.78, 5) is 0. The van der Waals surface area contributed by atoms with Gasteiger partial charge in [0.15, 0.2) is 0 Å². The molecule has 2 fully saturated rings. The molecule has 1 N–H and O–H groups in total. The average molecular weight is 271 g/mol. The predicted molar refractivity (Wildman–Crippen MR) is 80.3 cm³/mol. The van der Waals surface area contributed by atoms with Crippen LogP contribution < -0.4 is 5.32 Å². The van der Waals surface area contributed by atoms with Crippen molar-refractivity contribution in [1.29, 1.82) is 0 Å². The second kappa shape index (κ2) is 6.62. The number of hydrogen-bond donors (Lipinski definition) is 1. The molecule has 18 heavy (non-hydrogen) atoms. The molecule has 0 radical (unpaired) electrons. The van der Waals surface area contributed by atoms with E-state index in [2.05, 4.69) is 37.8 Å². The van der Waals surface area contributed by atoms with Crippen LogP contribution in [0.5, 0.6) is 0 Å². The molecule has 106 valence electrons. The third-order valence-electron chi connectivity index (χ3n) is 4.98. The fourth-order valence-corrected chi connectivity index (χ4v) is 4.56. The fourth-order valence-electron chi connectivity index (χ4n) is 3.31. The summed E-state index contributed by atoms with van der Waals surface area (Å²) in [6, 6.07) is 0.668. The summed E-state index contributed by atoms with van der Waals surface area (Å²) in [7, 11) is 0. The maximum atomic E-state index is 5.86. The van der Waals surface area contributed by atoms with Gasteiger partial charge in [-0.05, 0) is 38.4 Å². The molecule has 2 nitrogen and oxygen atoms in total. The smallest absolute Gasteiger partial charge is 0.0658 e. The van der Waals surface area contributed by atoms with Crippen LogP contribution in [0.3, 0.4) is 0 Å². The summed E-state index contributed by atoms with van der Waals surface area (Å²) in [5.41, 5.74) is 0.356. The minimum absolute atomic E-state index is 0.356. The van der Waals surface area contributed by atoms with Crippen LogP contribution in [-0.2, 0) is 4.74 Å². The molecule has 0 bridgehead atoms. The third-order valence-corrected chi connectivity index (χ3v) is 6.38. The van der Waals surface area contributed by atoms with Crippen LogP contribution in [0.15, 0.2) is 0 Å². The highest BCUT2D eigenvalue weighted by Crippen LogP contribution is 2.46. The van der Waals surface area contributed by atoms with Gasteiger partial charge < -0.3 is 10.1 Å². The Kier molecular flexibility index (Phi) is 5.40. The maximum Gasteiger partial charge on any atom is 0.0658 e. The topological polar surface area (TPSA) is 21.3 Å². The van der Waals surface area contributed by atoms with E-state index in [1.54, 1.807) is 0 Å². The van der Waals surface area contributed by atoms with E-state index in [1.807, 2.05) is 0 Å². The summed E-state index contributed by atoms with van der Waals surface area (Å²) in [6.45, 7) is 8.85. The van der Waals surface area contributed by atoms with Crippen molar-refractivity contribution in [1.82, 2.24) is 5.32 Å². The molecule has 1 aliphatic heterocycles. The summed E-state index contributed by atoms with van der Waals surface area (Å²) in [6.07, 6.45) is 7.15. The van der Waals surface area contributed by atoms with Crippen molar-refractivity contribution in [3.8, 4) is 0 Å². The van der Waals surface area contributed by atoms with Crippen LogP contribution in [0.4, 0.5) is 0 Å². The second-order valence-electron chi connectivity index (χ2n) is 5.99. The van der Waals surface area contributed by atoms with Gasteiger partial charge in [-0.3, -0.25) is 0 Å². The Bertz CT molecular complexity index is 255. The van der Waals surface area contributed by atoms with Gasteiger partial charge in [-0.1, -0.05) is 20.3 Å². The highest BCUT2D eigenvalue weighted by Gasteiger charge is 2.50. The average Bonchev–Trinajstić information content (AvgIpc) is 2.42. The summed E-state index contributed by atoms with van der Waals surface area (Å²) in [5.74, 6) is 1.36. The van der Waals surface area contributed by atoms with Gasteiger partial charge in [0.05, 0.1) is 6.10 Å². The number of hydrogen-bond acceptors (Lipinski definition) is 3. The molecule has 0 aromatic carbocycles. The molecule has 0 aromatic heterocycles. The Labute approximate surface area is 117 Å². The Morgan fingerprint density at radius 2 is 2.17 bits per heavy atom. The Morgan fingerprint density at radius 1 is 1.33 bits per heavy atom. The summed E-state index contributed by atoms with van der Waals surface area (Å²) < 4.78 is 5.86. The molecule has 0 amide bonds. The Hall–Kier alpha value is 0.270. The number of thioether (sulfide) groups is 1. The summed E-state index contributed by atoms with van der Waals surface area (Å²) >= 11 is 2.16. The van der Waals surface area contributed by atoms with E-state index in [-0.39, 0.29) is 0 Å². The molecule has 4 unspecified atom stereocenters. The van der Waals surface area contributed by atoms with Crippen molar-refractivity contribution < 1.29 is 4.74 Å². The first-order chi connectivity index (χ1) is 8.70. The Balaban J connectivity index is 1.76. The zero-order chi connectivity index (χ0) is 13.0. The lowest BCUT2D eigenvalue weighted by atomic mass is 9.61. The number of ether oxygens (including phenoxy) is 1. The second-order valence-corrected chi connectivity index (χ2v) is 7.40. The summed E-state index contributed by atoms with van der Waals surface area (Å²) in [5, 5.41) is 4.67. The number of rotatable bonds is 6. The van der Waals surface area contributed by atoms with E-state index >= 15 is 0 Å². The van der Waals surface area contributed by atoms with E-state index in [9.17, 15) is 0 Å². The molecule has 0 spiro atoms. The molecule has 1 aliphatic carbocycles. The zero-order valence-electron chi connectivity index (χ0n) is 12.2. The first-order valence-electron chi connectivity index (χ1n) is 7.67. The molecule has 2 rings (SSSR count). The van der Waals surface area contributed by atoms with Crippen LogP contribution in [-0.4, -0.2) is 36.3 Å². The van der Waals surface area contributed by atoms with Crippen molar-refractivity contribution in [3.05, 3.63) is 0 Å². The van der Waals surface area contributed by atoms with Crippen molar-refractivity contribution in [2.75, 3.05) is 18.9 Å². The van der Waals surface area contributed by atoms with E-state index < -0.39 is 0 Å². The van der Waals surface area contributed by atoms with E-state index in [1.165, 1.54) is 44.4 Å². The maximum absolute atomic E-state index is 5.86. The van der Waals surface area contributed by atoms with Gasteiger partial charge in [0.2, 0.25) is 0 Å². The van der Waals surface area contributed by atoms with Crippen LogP contribution in [0.1, 0.15) is 52.9 Å².